The molecule has 1 saturated heterocycles. The molecular weight excluding hydrogens is 537 g/mol. The van der Waals surface area contributed by atoms with E-state index < -0.39 is 0 Å². The van der Waals surface area contributed by atoms with E-state index in [4.69, 9.17) is 44.3 Å². The van der Waals surface area contributed by atoms with Gasteiger partial charge in [-0.25, -0.2) is 0 Å². The second kappa shape index (κ2) is 10.4. The number of imide groups is 1. The lowest BCUT2D eigenvalue weighted by molar-refractivity contribution is -0.123. The standard InChI is InChI=1S/C20H15BrCl3NO4S/c1-28-5-4-25-19(26)17(30-20(25)27)8-11-6-14(21)18(16(24)7-11)29-10-12-2-3-13(22)9-15(12)23/h2-3,6-9H,4-5,10H2,1H3/b17-8+. The number of rotatable bonds is 7. The van der Waals surface area contributed by atoms with E-state index >= 15 is 0 Å². The van der Waals surface area contributed by atoms with Gasteiger partial charge in [0.05, 0.1) is 27.6 Å². The molecule has 10 heteroatoms. The number of methoxy groups -OCH3 is 1. The zero-order chi connectivity index (χ0) is 21.8. The number of halogens is 4. The molecule has 0 saturated carbocycles. The van der Waals surface area contributed by atoms with Gasteiger partial charge in [0.1, 0.15) is 6.61 Å². The van der Waals surface area contributed by atoms with Crippen molar-refractivity contribution < 1.29 is 19.1 Å². The third kappa shape index (κ3) is 5.52. The summed E-state index contributed by atoms with van der Waals surface area (Å²) in [6.45, 7) is 0.696. The molecule has 0 N–H and O–H groups in total. The number of carbonyl (C=O) groups excluding carboxylic acids is 2. The maximum absolute atomic E-state index is 12.4. The quantitative estimate of drug-likeness (QED) is 0.360. The van der Waals surface area contributed by atoms with Crippen LogP contribution in [0.4, 0.5) is 4.79 Å². The summed E-state index contributed by atoms with van der Waals surface area (Å²) in [5.41, 5.74) is 1.42. The van der Waals surface area contributed by atoms with E-state index in [0.29, 0.717) is 35.8 Å². The smallest absolute Gasteiger partial charge is 0.293 e. The normalized spacial score (nSPS) is 15.4. The van der Waals surface area contributed by atoms with Gasteiger partial charge in [0, 0.05) is 22.7 Å². The molecule has 5 nitrogen and oxygen atoms in total. The zero-order valence-corrected chi connectivity index (χ0v) is 20.3. The summed E-state index contributed by atoms with van der Waals surface area (Å²) in [7, 11) is 1.51. The lowest BCUT2D eigenvalue weighted by Crippen LogP contribution is -2.31. The van der Waals surface area contributed by atoms with Crippen molar-refractivity contribution >= 4 is 79.7 Å². The molecule has 1 aliphatic rings. The summed E-state index contributed by atoms with van der Waals surface area (Å²) in [5, 5.41) is 1.06. The van der Waals surface area contributed by atoms with Gasteiger partial charge in [-0.15, -0.1) is 0 Å². The molecule has 0 atom stereocenters. The molecule has 1 heterocycles. The van der Waals surface area contributed by atoms with Gasteiger partial charge < -0.3 is 9.47 Å². The van der Waals surface area contributed by atoms with Crippen molar-refractivity contribution in [3.05, 3.63) is 65.9 Å². The SMILES string of the molecule is COCCN1C(=O)S/C(=C/c2cc(Cl)c(OCc3ccc(Cl)cc3Cl)c(Br)c2)C1=O. The Labute approximate surface area is 201 Å². The van der Waals surface area contributed by atoms with Gasteiger partial charge in [0.2, 0.25) is 0 Å². The molecule has 30 heavy (non-hydrogen) atoms. The Hall–Kier alpha value is -1.22. The Kier molecular flexibility index (Phi) is 8.12. The average molecular weight is 552 g/mol. The fourth-order valence-electron chi connectivity index (χ4n) is 2.62. The van der Waals surface area contributed by atoms with Crippen LogP contribution in [0.2, 0.25) is 15.1 Å². The number of benzene rings is 2. The van der Waals surface area contributed by atoms with Crippen molar-refractivity contribution in [1.82, 2.24) is 4.90 Å². The van der Waals surface area contributed by atoms with Gasteiger partial charge >= 0.3 is 0 Å². The van der Waals surface area contributed by atoms with Gasteiger partial charge in [-0.3, -0.25) is 14.5 Å². The first-order valence-electron chi connectivity index (χ1n) is 8.60. The Morgan fingerprint density at radius 2 is 1.90 bits per heavy atom. The summed E-state index contributed by atoms with van der Waals surface area (Å²) < 4.78 is 11.4. The highest BCUT2D eigenvalue weighted by atomic mass is 79.9. The number of amides is 2. The van der Waals surface area contributed by atoms with Crippen LogP contribution in [0, 0.1) is 0 Å². The monoisotopic (exact) mass is 549 g/mol. The van der Waals surface area contributed by atoms with Crippen LogP contribution in [0.5, 0.6) is 5.75 Å². The van der Waals surface area contributed by atoms with Crippen molar-refractivity contribution in [2.24, 2.45) is 0 Å². The van der Waals surface area contributed by atoms with Gasteiger partial charge in [0.25, 0.3) is 11.1 Å². The van der Waals surface area contributed by atoms with Gasteiger partial charge in [-0.2, -0.15) is 0 Å². The van der Waals surface area contributed by atoms with E-state index in [2.05, 4.69) is 15.9 Å². The summed E-state index contributed by atoms with van der Waals surface area (Å²) in [6.07, 6.45) is 1.62. The van der Waals surface area contributed by atoms with Crippen LogP contribution in [0.1, 0.15) is 11.1 Å². The van der Waals surface area contributed by atoms with Crippen LogP contribution in [0.3, 0.4) is 0 Å². The molecule has 0 unspecified atom stereocenters. The number of carbonyl (C=O) groups is 2. The van der Waals surface area contributed by atoms with Gasteiger partial charge in [-0.05, 0) is 63.6 Å². The molecule has 2 aromatic rings. The number of nitrogens with zero attached hydrogens (tertiary/aromatic N) is 1. The van der Waals surface area contributed by atoms with Crippen molar-refractivity contribution in [1.29, 1.82) is 0 Å². The van der Waals surface area contributed by atoms with Crippen LogP contribution in [-0.4, -0.2) is 36.3 Å². The first-order chi connectivity index (χ1) is 14.3. The second-order valence-corrected chi connectivity index (χ2v) is 9.26. The Balaban J connectivity index is 1.77. The number of thioether (sulfide) groups is 1. The predicted octanol–water partition coefficient (Wildman–Crippen LogP) is 6.67. The van der Waals surface area contributed by atoms with Crippen molar-refractivity contribution in [2.45, 2.75) is 6.61 Å². The van der Waals surface area contributed by atoms with Crippen LogP contribution in [0.15, 0.2) is 39.7 Å². The highest BCUT2D eigenvalue weighted by Crippen LogP contribution is 2.38. The lowest BCUT2D eigenvalue weighted by atomic mass is 10.2. The summed E-state index contributed by atoms with van der Waals surface area (Å²) in [4.78, 5) is 26.0. The van der Waals surface area contributed by atoms with Crippen molar-refractivity contribution in [3.63, 3.8) is 0 Å². The molecule has 0 spiro atoms. The third-order valence-electron chi connectivity index (χ3n) is 4.10. The maximum Gasteiger partial charge on any atom is 0.293 e. The zero-order valence-electron chi connectivity index (χ0n) is 15.6. The Morgan fingerprint density at radius 1 is 1.13 bits per heavy atom. The number of hydrogen-bond donors (Lipinski definition) is 0. The molecular formula is C20H15BrCl3NO4S. The molecule has 0 aliphatic carbocycles. The lowest BCUT2D eigenvalue weighted by Gasteiger charge is -2.12. The minimum Gasteiger partial charge on any atom is -0.486 e. The molecule has 3 rings (SSSR count). The van der Waals surface area contributed by atoms with E-state index in [9.17, 15) is 9.59 Å². The molecule has 0 radical (unpaired) electrons. The van der Waals surface area contributed by atoms with Crippen LogP contribution in [0.25, 0.3) is 6.08 Å². The molecule has 2 amide bonds. The molecule has 2 aromatic carbocycles. The first kappa shape index (κ1) is 23.4. The fourth-order valence-corrected chi connectivity index (χ4v) is 4.93. The highest BCUT2D eigenvalue weighted by molar-refractivity contribution is 9.10. The first-order valence-corrected chi connectivity index (χ1v) is 11.3. The van der Waals surface area contributed by atoms with E-state index in [1.165, 1.54) is 7.11 Å². The molecule has 1 fully saturated rings. The molecule has 158 valence electrons. The number of ether oxygens (including phenoxy) is 2. The largest absolute Gasteiger partial charge is 0.486 e. The van der Waals surface area contributed by atoms with Crippen molar-refractivity contribution in [3.8, 4) is 5.75 Å². The number of hydrogen-bond acceptors (Lipinski definition) is 5. The average Bonchev–Trinajstić information content (AvgIpc) is 2.93. The molecule has 0 aromatic heterocycles. The van der Waals surface area contributed by atoms with E-state index in [-0.39, 0.29) is 30.9 Å². The molecule has 1 aliphatic heterocycles. The topological polar surface area (TPSA) is 55.8 Å². The van der Waals surface area contributed by atoms with Crippen LogP contribution < -0.4 is 4.74 Å². The second-order valence-electron chi connectivity index (χ2n) is 6.16. The minimum atomic E-state index is -0.355. The van der Waals surface area contributed by atoms with Crippen LogP contribution in [-0.2, 0) is 16.1 Å². The summed E-state index contributed by atoms with van der Waals surface area (Å²) in [5.74, 6) is 0.0834. The van der Waals surface area contributed by atoms with Crippen molar-refractivity contribution in [2.75, 3.05) is 20.3 Å². The van der Waals surface area contributed by atoms with Gasteiger partial charge in [-0.1, -0.05) is 40.9 Å². The summed E-state index contributed by atoms with van der Waals surface area (Å²) in [6, 6.07) is 8.56. The Morgan fingerprint density at radius 3 is 2.57 bits per heavy atom. The third-order valence-corrected chi connectivity index (χ3v) is 6.46. The van der Waals surface area contributed by atoms with E-state index in [0.717, 1.165) is 22.2 Å². The predicted molar refractivity (Wildman–Crippen MR) is 124 cm³/mol. The van der Waals surface area contributed by atoms with E-state index in [1.807, 2.05) is 0 Å². The van der Waals surface area contributed by atoms with Crippen LogP contribution >= 0.6 is 62.5 Å². The Bertz CT molecular complexity index is 1010. The maximum atomic E-state index is 12.4. The summed E-state index contributed by atoms with van der Waals surface area (Å²) >= 11 is 22.8. The molecule has 0 bridgehead atoms. The minimum absolute atomic E-state index is 0.200. The fraction of sp³-hybridized carbons (Fsp3) is 0.200. The van der Waals surface area contributed by atoms with E-state index in [1.54, 1.807) is 36.4 Å². The van der Waals surface area contributed by atoms with Gasteiger partial charge in [0.15, 0.2) is 5.75 Å². The highest BCUT2D eigenvalue weighted by Gasteiger charge is 2.34.